The number of rotatable bonds is 3. The molecule has 146 valence electrons. The van der Waals surface area contributed by atoms with Crippen LogP contribution in [0.4, 0.5) is 10.5 Å². The number of nitrogens with one attached hydrogen (secondary N) is 1. The fourth-order valence-electron chi connectivity index (χ4n) is 4.87. The number of hydrogen-bond donors (Lipinski definition) is 2. The van der Waals surface area contributed by atoms with Gasteiger partial charge in [0.25, 0.3) is 0 Å². The quantitative estimate of drug-likeness (QED) is 0.857. The number of benzene rings is 1. The molecule has 1 aromatic rings. The number of amides is 2. The topological polar surface area (TPSA) is 72.9 Å². The molecule has 2 amide bonds. The largest absolute Gasteiger partial charge is 0.481 e. The van der Waals surface area contributed by atoms with E-state index in [2.05, 4.69) is 34.5 Å². The van der Waals surface area contributed by atoms with E-state index in [-0.39, 0.29) is 18.0 Å². The van der Waals surface area contributed by atoms with Crippen LogP contribution in [0.1, 0.15) is 44.1 Å². The number of carbonyl (C=O) groups excluding carboxylic acids is 1. The molecule has 2 fully saturated rings. The Morgan fingerprint density at radius 1 is 0.963 bits per heavy atom. The number of carbonyl (C=O) groups is 2. The van der Waals surface area contributed by atoms with Crippen LogP contribution in [0, 0.1) is 5.92 Å². The van der Waals surface area contributed by atoms with Gasteiger partial charge in [0, 0.05) is 37.4 Å². The molecule has 6 nitrogen and oxygen atoms in total. The molecule has 0 unspecified atom stereocenters. The van der Waals surface area contributed by atoms with Crippen LogP contribution in [-0.2, 0) is 11.2 Å². The van der Waals surface area contributed by atoms with Crippen LogP contribution in [-0.4, -0.2) is 53.7 Å². The highest BCUT2D eigenvalue weighted by atomic mass is 16.4. The van der Waals surface area contributed by atoms with Gasteiger partial charge in [-0.25, -0.2) is 4.79 Å². The van der Waals surface area contributed by atoms with Gasteiger partial charge in [0.2, 0.25) is 0 Å². The zero-order chi connectivity index (χ0) is 18.8. The summed E-state index contributed by atoms with van der Waals surface area (Å²) in [5, 5.41) is 12.2. The fourth-order valence-corrected chi connectivity index (χ4v) is 4.87. The van der Waals surface area contributed by atoms with Crippen LogP contribution in [0.5, 0.6) is 0 Å². The maximum atomic E-state index is 12.6. The first-order valence-corrected chi connectivity index (χ1v) is 10.2. The summed E-state index contributed by atoms with van der Waals surface area (Å²) in [6.45, 7) is 2.67. The predicted octanol–water partition coefficient (Wildman–Crippen LogP) is 2.87. The molecule has 2 N–H and O–H groups in total. The Kier molecular flexibility index (Phi) is 5.23. The van der Waals surface area contributed by atoms with E-state index in [1.165, 1.54) is 11.3 Å². The first-order chi connectivity index (χ1) is 13.1. The van der Waals surface area contributed by atoms with Crippen LogP contribution in [0.15, 0.2) is 24.3 Å². The van der Waals surface area contributed by atoms with Crippen molar-refractivity contribution in [2.45, 2.75) is 57.0 Å². The summed E-state index contributed by atoms with van der Waals surface area (Å²) in [6, 6.07) is 9.32. The lowest BCUT2D eigenvalue weighted by molar-refractivity contribution is -0.142. The van der Waals surface area contributed by atoms with Crippen molar-refractivity contribution in [2.24, 2.45) is 5.92 Å². The lowest BCUT2D eigenvalue weighted by Crippen LogP contribution is -2.51. The highest BCUT2D eigenvalue weighted by Gasteiger charge is 2.32. The van der Waals surface area contributed by atoms with E-state index in [1.807, 2.05) is 4.90 Å². The minimum absolute atomic E-state index is 0.0223. The smallest absolute Gasteiger partial charge is 0.317 e. The number of nitrogens with zero attached hydrogens (tertiary/aromatic N) is 2. The summed E-state index contributed by atoms with van der Waals surface area (Å²) in [4.78, 5) is 28.1. The molecule has 3 aliphatic rings. The number of piperidine rings is 1. The number of hydrogen-bond acceptors (Lipinski definition) is 3. The van der Waals surface area contributed by atoms with Crippen molar-refractivity contribution < 1.29 is 14.7 Å². The second kappa shape index (κ2) is 7.79. The van der Waals surface area contributed by atoms with Gasteiger partial charge in [0.1, 0.15) is 0 Å². The van der Waals surface area contributed by atoms with Gasteiger partial charge in [-0.05, 0) is 56.6 Å². The van der Waals surface area contributed by atoms with Crippen molar-refractivity contribution in [3.05, 3.63) is 29.8 Å². The highest BCUT2D eigenvalue weighted by Crippen LogP contribution is 2.32. The summed E-state index contributed by atoms with van der Waals surface area (Å²) in [6.07, 6.45) is 6.00. The molecular formula is C21H29N3O3. The van der Waals surface area contributed by atoms with Gasteiger partial charge in [0.05, 0.1) is 5.92 Å². The number of carboxylic acids is 1. The molecule has 0 aromatic heterocycles. The van der Waals surface area contributed by atoms with Crippen LogP contribution in [0.25, 0.3) is 0 Å². The number of aliphatic carboxylic acids is 1. The third-order valence-electron chi connectivity index (χ3n) is 6.52. The minimum atomic E-state index is -0.703. The third kappa shape index (κ3) is 3.89. The van der Waals surface area contributed by atoms with E-state index >= 15 is 0 Å². The predicted molar refractivity (Wildman–Crippen MR) is 104 cm³/mol. The van der Waals surface area contributed by atoms with Crippen molar-refractivity contribution in [3.8, 4) is 0 Å². The first kappa shape index (κ1) is 18.1. The van der Waals surface area contributed by atoms with Gasteiger partial charge in [-0.1, -0.05) is 18.2 Å². The molecule has 1 saturated heterocycles. The van der Waals surface area contributed by atoms with Crippen molar-refractivity contribution in [1.82, 2.24) is 10.2 Å². The van der Waals surface area contributed by atoms with E-state index < -0.39 is 5.97 Å². The number of carboxylic acid groups (broad SMARTS) is 1. The molecule has 1 aliphatic carbocycles. The molecule has 4 rings (SSSR count). The Bertz CT molecular complexity index is 692. The number of fused-ring (bicyclic) bond motifs is 1. The van der Waals surface area contributed by atoms with Gasteiger partial charge in [-0.15, -0.1) is 0 Å². The maximum Gasteiger partial charge on any atom is 0.317 e. The molecular weight excluding hydrogens is 342 g/mol. The lowest BCUT2D eigenvalue weighted by Gasteiger charge is -2.39. The average molecular weight is 371 g/mol. The molecule has 27 heavy (non-hydrogen) atoms. The summed E-state index contributed by atoms with van der Waals surface area (Å²) >= 11 is 0. The van der Waals surface area contributed by atoms with E-state index in [9.17, 15) is 9.59 Å². The molecule has 2 aliphatic heterocycles. The number of anilines is 1. The Morgan fingerprint density at radius 3 is 2.37 bits per heavy atom. The van der Waals surface area contributed by atoms with Crippen LogP contribution >= 0.6 is 0 Å². The lowest BCUT2D eigenvalue weighted by atomic mass is 9.86. The van der Waals surface area contributed by atoms with Crippen LogP contribution < -0.4 is 10.2 Å². The molecule has 2 heterocycles. The zero-order valence-electron chi connectivity index (χ0n) is 15.8. The fraction of sp³-hybridized carbons (Fsp3) is 0.619. The molecule has 0 radical (unpaired) electrons. The van der Waals surface area contributed by atoms with Gasteiger partial charge in [-0.2, -0.15) is 0 Å². The van der Waals surface area contributed by atoms with Gasteiger partial charge < -0.3 is 20.2 Å². The normalized spacial score (nSPS) is 25.9. The second-order valence-electron chi connectivity index (χ2n) is 8.13. The molecule has 0 spiro atoms. The molecule has 0 bridgehead atoms. The first-order valence-electron chi connectivity index (χ1n) is 10.2. The van der Waals surface area contributed by atoms with E-state index in [4.69, 9.17) is 5.11 Å². The van der Waals surface area contributed by atoms with Crippen LogP contribution in [0.2, 0.25) is 0 Å². The van der Waals surface area contributed by atoms with Crippen molar-refractivity contribution in [2.75, 3.05) is 24.5 Å². The molecule has 1 saturated carbocycles. The number of para-hydroxylation sites is 1. The molecule has 6 heteroatoms. The van der Waals surface area contributed by atoms with E-state index in [1.54, 1.807) is 0 Å². The maximum absolute atomic E-state index is 12.6. The summed E-state index contributed by atoms with van der Waals surface area (Å²) in [5.41, 5.74) is 2.81. The summed E-state index contributed by atoms with van der Waals surface area (Å²) < 4.78 is 0. The summed E-state index contributed by atoms with van der Waals surface area (Å²) in [5.74, 6) is -0.942. The molecule has 1 aromatic carbocycles. The zero-order valence-corrected chi connectivity index (χ0v) is 15.8. The Hall–Kier alpha value is -2.24. The van der Waals surface area contributed by atoms with Crippen molar-refractivity contribution >= 4 is 17.7 Å². The standard InChI is InChI=1S/C21H29N3O3/c25-20(26)16-5-7-17(8-6-16)22-21(27)23-12-10-18(11-13-23)24-14-9-15-3-1-2-4-19(15)24/h1-4,16-18H,5-14H2,(H,22,27)(H,25,26). The van der Waals surface area contributed by atoms with Crippen molar-refractivity contribution in [1.29, 1.82) is 0 Å². The van der Waals surface area contributed by atoms with Gasteiger partial charge >= 0.3 is 12.0 Å². The van der Waals surface area contributed by atoms with E-state index in [0.717, 1.165) is 51.7 Å². The van der Waals surface area contributed by atoms with Gasteiger partial charge in [0.15, 0.2) is 0 Å². The second-order valence-corrected chi connectivity index (χ2v) is 8.13. The minimum Gasteiger partial charge on any atom is -0.481 e. The SMILES string of the molecule is O=C(O)C1CCC(NC(=O)N2CCC(N3CCc4ccccc43)CC2)CC1. The van der Waals surface area contributed by atoms with Crippen molar-refractivity contribution in [3.63, 3.8) is 0 Å². The average Bonchev–Trinajstić information content (AvgIpc) is 3.12. The van der Waals surface area contributed by atoms with Gasteiger partial charge in [-0.3, -0.25) is 4.79 Å². The van der Waals surface area contributed by atoms with E-state index in [0.29, 0.717) is 18.9 Å². The highest BCUT2D eigenvalue weighted by molar-refractivity contribution is 5.75. The Labute approximate surface area is 160 Å². The number of urea groups is 1. The summed E-state index contributed by atoms with van der Waals surface area (Å²) in [7, 11) is 0. The Balaban J connectivity index is 1.25. The molecule has 0 atom stereocenters. The number of likely N-dealkylation sites (tertiary alicyclic amines) is 1. The Morgan fingerprint density at radius 2 is 1.67 bits per heavy atom. The van der Waals surface area contributed by atoms with Crippen LogP contribution in [0.3, 0.4) is 0 Å². The monoisotopic (exact) mass is 371 g/mol. The third-order valence-corrected chi connectivity index (χ3v) is 6.52.